The van der Waals surface area contributed by atoms with Gasteiger partial charge in [-0.15, -0.1) is 0 Å². The van der Waals surface area contributed by atoms with Crippen LogP contribution < -0.4 is 9.46 Å². The average molecular weight is 432 g/mol. The first-order valence-electron chi connectivity index (χ1n) is 9.53. The molecule has 1 aliphatic heterocycles. The minimum absolute atomic E-state index is 0.0373. The van der Waals surface area contributed by atoms with Gasteiger partial charge in [0.15, 0.2) is 11.9 Å². The Morgan fingerprint density at radius 3 is 2.40 bits per heavy atom. The predicted molar refractivity (Wildman–Crippen MR) is 111 cm³/mol. The van der Waals surface area contributed by atoms with Gasteiger partial charge in [-0.2, -0.15) is 0 Å². The third kappa shape index (κ3) is 5.37. The number of amides is 1. The minimum Gasteiger partial charge on any atom is -0.481 e. The summed E-state index contributed by atoms with van der Waals surface area (Å²) in [6.45, 7) is 5.14. The number of nitrogens with one attached hydrogen (secondary N) is 1. The molecule has 160 valence electrons. The number of sulfonamides is 1. The normalized spacial score (nSPS) is 15.3. The first kappa shape index (κ1) is 21.8. The van der Waals surface area contributed by atoms with Crippen LogP contribution >= 0.6 is 0 Å². The molecular formula is C21H24N2O6S. The van der Waals surface area contributed by atoms with Crippen LogP contribution in [0.1, 0.15) is 24.2 Å². The van der Waals surface area contributed by atoms with Crippen molar-refractivity contribution in [3.05, 3.63) is 54.1 Å². The van der Waals surface area contributed by atoms with Crippen LogP contribution in [0.3, 0.4) is 0 Å². The highest BCUT2D eigenvalue weighted by Gasteiger charge is 2.24. The highest BCUT2D eigenvalue weighted by molar-refractivity contribution is 7.92. The Balaban J connectivity index is 1.66. The van der Waals surface area contributed by atoms with Gasteiger partial charge in [-0.25, -0.2) is 8.42 Å². The van der Waals surface area contributed by atoms with E-state index in [1.165, 1.54) is 37.3 Å². The van der Waals surface area contributed by atoms with E-state index in [-0.39, 0.29) is 16.6 Å². The van der Waals surface area contributed by atoms with E-state index in [2.05, 4.69) is 4.72 Å². The number of carbonyl (C=O) groups is 2. The molecule has 1 aliphatic rings. The summed E-state index contributed by atoms with van der Waals surface area (Å²) < 4.78 is 38.6. The van der Waals surface area contributed by atoms with Crippen molar-refractivity contribution in [3.8, 4) is 5.75 Å². The molecule has 1 amide bonds. The molecule has 0 spiro atoms. The zero-order valence-corrected chi connectivity index (χ0v) is 17.6. The van der Waals surface area contributed by atoms with E-state index in [0.717, 1.165) is 0 Å². The lowest BCUT2D eigenvalue weighted by Crippen LogP contribution is -2.46. The fourth-order valence-corrected chi connectivity index (χ4v) is 4.06. The molecule has 0 aromatic heterocycles. The van der Waals surface area contributed by atoms with Gasteiger partial charge < -0.3 is 14.4 Å². The molecule has 8 nitrogen and oxygen atoms in total. The van der Waals surface area contributed by atoms with Crippen LogP contribution in [0.15, 0.2) is 53.4 Å². The van der Waals surface area contributed by atoms with Gasteiger partial charge in [0, 0.05) is 24.3 Å². The largest absolute Gasteiger partial charge is 0.481 e. The molecule has 30 heavy (non-hydrogen) atoms. The Morgan fingerprint density at radius 1 is 1.10 bits per heavy atom. The molecule has 0 unspecified atom stereocenters. The Bertz CT molecular complexity index is 1010. The van der Waals surface area contributed by atoms with Crippen molar-refractivity contribution in [2.24, 2.45) is 0 Å². The molecule has 0 saturated carbocycles. The molecule has 2 aromatic carbocycles. The molecule has 1 heterocycles. The molecule has 0 bridgehead atoms. The SMILES string of the molecule is CC(=O)c1cccc(NS(=O)(=O)c2ccc(O[C@@H](C)C(=O)N3CCOCC3)cc2)c1. The van der Waals surface area contributed by atoms with Crippen LogP contribution in [0.4, 0.5) is 5.69 Å². The third-order valence-corrected chi connectivity index (χ3v) is 6.04. The second kappa shape index (κ2) is 9.27. The molecule has 3 rings (SSSR count). The van der Waals surface area contributed by atoms with E-state index in [1.54, 1.807) is 30.0 Å². The van der Waals surface area contributed by atoms with Gasteiger partial charge in [0.2, 0.25) is 0 Å². The number of benzene rings is 2. The summed E-state index contributed by atoms with van der Waals surface area (Å²) in [6, 6.07) is 12.1. The van der Waals surface area contributed by atoms with Crippen LogP contribution in [0, 0.1) is 0 Å². The van der Waals surface area contributed by atoms with Crippen LogP contribution in [0.5, 0.6) is 5.75 Å². The topological polar surface area (TPSA) is 102 Å². The Labute approximate surface area is 175 Å². The molecule has 0 radical (unpaired) electrons. The molecular weight excluding hydrogens is 408 g/mol. The van der Waals surface area contributed by atoms with Crippen molar-refractivity contribution in [1.82, 2.24) is 4.90 Å². The first-order chi connectivity index (χ1) is 14.3. The summed E-state index contributed by atoms with van der Waals surface area (Å²) in [5, 5.41) is 0. The molecule has 1 fully saturated rings. The number of Topliss-reactive ketones (excluding diaryl/α,β-unsaturated/α-hetero) is 1. The van der Waals surface area contributed by atoms with Gasteiger partial charge in [0.25, 0.3) is 15.9 Å². The molecule has 1 N–H and O–H groups in total. The zero-order valence-electron chi connectivity index (χ0n) is 16.8. The number of ketones is 1. The van der Waals surface area contributed by atoms with Crippen LogP contribution in [0.2, 0.25) is 0 Å². The maximum Gasteiger partial charge on any atom is 0.263 e. The van der Waals surface area contributed by atoms with Gasteiger partial charge in [0.05, 0.1) is 18.1 Å². The summed E-state index contributed by atoms with van der Waals surface area (Å²) in [7, 11) is -3.84. The number of carbonyl (C=O) groups excluding carboxylic acids is 2. The van der Waals surface area contributed by atoms with Crippen molar-refractivity contribution >= 4 is 27.4 Å². The predicted octanol–water partition coefficient (Wildman–Crippen LogP) is 2.32. The number of rotatable bonds is 7. The van der Waals surface area contributed by atoms with Crippen LogP contribution in [-0.2, 0) is 19.6 Å². The van der Waals surface area contributed by atoms with Gasteiger partial charge in [-0.1, -0.05) is 12.1 Å². The number of hydrogen-bond donors (Lipinski definition) is 1. The second-order valence-corrected chi connectivity index (χ2v) is 8.59. The van der Waals surface area contributed by atoms with Crippen molar-refractivity contribution in [2.45, 2.75) is 24.8 Å². The fourth-order valence-electron chi connectivity index (χ4n) is 3.01. The summed E-state index contributed by atoms with van der Waals surface area (Å²) in [5.41, 5.74) is 0.714. The lowest BCUT2D eigenvalue weighted by atomic mass is 10.1. The maximum absolute atomic E-state index is 12.6. The first-order valence-corrected chi connectivity index (χ1v) is 11.0. The maximum atomic E-state index is 12.6. The van der Waals surface area contributed by atoms with Gasteiger partial charge >= 0.3 is 0 Å². The fraction of sp³-hybridized carbons (Fsp3) is 0.333. The van der Waals surface area contributed by atoms with E-state index in [1.807, 2.05) is 0 Å². The summed E-state index contributed by atoms with van der Waals surface area (Å²) in [4.78, 5) is 25.6. The molecule has 2 aromatic rings. The van der Waals surface area contributed by atoms with Crippen molar-refractivity contribution in [3.63, 3.8) is 0 Å². The molecule has 1 atom stereocenters. The number of morpholine rings is 1. The van der Waals surface area contributed by atoms with E-state index in [0.29, 0.717) is 43.3 Å². The Kier molecular flexibility index (Phi) is 6.73. The van der Waals surface area contributed by atoms with E-state index in [9.17, 15) is 18.0 Å². The monoisotopic (exact) mass is 432 g/mol. The summed E-state index contributed by atoms with van der Waals surface area (Å²) >= 11 is 0. The summed E-state index contributed by atoms with van der Waals surface area (Å²) in [6.07, 6.45) is -0.696. The van der Waals surface area contributed by atoms with Crippen molar-refractivity contribution < 1.29 is 27.5 Å². The van der Waals surface area contributed by atoms with Crippen molar-refractivity contribution in [2.75, 3.05) is 31.0 Å². The van der Waals surface area contributed by atoms with Gasteiger partial charge in [-0.05, 0) is 50.2 Å². The smallest absolute Gasteiger partial charge is 0.263 e. The van der Waals surface area contributed by atoms with Crippen molar-refractivity contribution in [1.29, 1.82) is 0 Å². The summed E-state index contributed by atoms with van der Waals surface area (Å²) in [5.74, 6) is 0.0990. The van der Waals surface area contributed by atoms with E-state index < -0.39 is 16.1 Å². The molecule has 1 saturated heterocycles. The Hall–Kier alpha value is -2.91. The van der Waals surface area contributed by atoms with E-state index >= 15 is 0 Å². The highest BCUT2D eigenvalue weighted by Crippen LogP contribution is 2.21. The van der Waals surface area contributed by atoms with Gasteiger partial charge in [0.1, 0.15) is 5.75 Å². The van der Waals surface area contributed by atoms with E-state index in [4.69, 9.17) is 9.47 Å². The number of hydrogen-bond acceptors (Lipinski definition) is 6. The second-order valence-electron chi connectivity index (χ2n) is 6.91. The number of ether oxygens (including phenoxy) is 2. The lowest BCUT2D eigenvalue weighted by Gasteiger charge is -2.29. The minimum atomic E-state index is -3.84. The van der Waals surface area contributed by atoms with Crippen LogP contribution in [-0.4, -0.2) is 57.4 Å². The highest BCUT2D eigenvalue weighted by atomic mass is 32.2. The molecule has 0 aliphatic carbocycles. The third-order valence-electron chi connectivity index (χ3n) is 4.64. The van der Waals surface area contributed by atoms with Gasteiger partial charge in [-0.3, -0.25) is 14.3 Å². The number of nitrogens with zero attached hydrogens (tertiary/aromatic N) is 1. The lowest BCUT2D eigenvalue weighted by molar-refractivity contribution is -0.142. The van der Waals surface area contributed by atoms with Crippen LogP contribution in [0.25, 0.3) is 0 Å². The Morgan fingerprint density at radius 2 is 1.77 bits per heavy atom. The average Bonchev–Trinajstić information content (AvgIpc) is 2.74. The standard InChI is InChI=1S/C21H24N2O6S/c1-15(24)17-4-3-5-18(14-17)22-30(26,27)20-8-6-19(7-9-20)29-16(2)21(25)23-10-12-28-13-11-23/h3-9,14,16,22H,10-13H2,1-2H3/t16-/m0/s1. The quantitative estimate of drug-likeness (QED) is 0.674. The molecule has 9 heteroatoms. The zero-order chi connectivity index (χ0) is 21.7. The number of anilines is 1.